The molecule has 0 aromatic heterocycles. The zero-order chi connectivity index (χ0) is 2.00. The van der Waals surface area contributed by atoms with Gasteiger partial charge in [-0.15, -0.1) is 0 Å². The van der Waals surface area contributed by atoms with Crippen molar-refractivity contribution in [2.24, 2.45) is 0 Å². The summed E-state index contributed by atoms with van der Waals surface area (Å²) in [6, 6.07) is 0. The second kappa shape index (κ2) is 184. The molecule has 0 aromatic rings. The van der Waals surface area contributed by atoms with E-state index in [1.165, 1.54) is 0 Å². The Morgan fingerprint density at radius 3 is 0.714 bits per heavy atom. The molecule has 0 atom stereocenters. The van der Waals surface area contributed by atoms with Crippen LogP contribution in [0.2, 0.25) is 0 Å². The van der Waals surface area contributed by atoms with Crippen LogP contribution in [-0.2, 0) is 70.4 Å². The molecule has 2 radical (unpaired) electrons. The van der Waals surface area contributed by atoms with Crippen molar-refractivity contribution in [2.75, 3.05) is 0 Å². The standard InChI is InChI=1S/2Cr.Ni.4O/q2*+3;;;3*-2. The molecule has 0 aliphatic rings. The average Bonchev–Trinajstić information content (AvgIpc) is 1.00. The van der Waals surface area contributed by atoms with E-state index in [0.717, 1.165) is 0 Å². The van der Waals surface area contributed by atoms with Gasteiger partial charge in [-0.2, -0.15) is 0 Å². The topological polar surface area (TPSA) is 103 Å². The molecule has 0 aliphatic carbocycles. The number of hydrogen-bond acceptors (Lipinski definition) is 1. The van der Waals surface area contributed by atoms with Gasteiger partial charge in [-0.1, -0.05) is 0 Å². The average molecular weight is 227 g/mol. The summed E-state index contributed by atoms with van der Waals surface area (Å²) in [5.41, 5.74) is 0. The molecule has 46 valence electrons. The molecule has 0 unspecified atom stereocenters. The van der Waals surface area contributed by atoms with Gasteiger partial charge in [0.25, 0.3) is 0 Å². The van der Waals surface area contributed by atoms with Crippen LogP contribution >= 0.6 is 0 Å². The quantitative estimate of drug-likeness (QED) is 0.512. The van der Waals surface area contributed by atoms with E-state index in [9.17, 15) is 0 Å². The summed E-state index contributed by atoms with van der Waals surface area (Å²) in [4.78, 5) is 0. The summed E-state index contributed by atoms with van der Waals surface area (Å²) in [6.07, 6.45) is 0. The van der Waals surface area contributed by atoms with E-state index < -0.39 is 0 Å². The van der Waals surface area contributed by atoms with Crippen molar-refractivity contribution in [3.05, 3.63) is 0 Å². The Kier molecular flexibility index (Phi) is 2260. The molecule has 0 aromatic carbocycles. The van der Waals surface area contributed by atoms with Crippen LogP contribution in [-0.4, -0.2) is 0 Å². The first kappa shape index (κ1) is 86.1. The minimum atomic E-state index is 0. The summed E-state index contributed by atoms with van der Waals surface area (Å²) in [7, 11) is 0. The number of rotatable bonds is 0. The Balaban J connectivity index is -0.000000000500. The molecule has 0 saturated carbocycles. The molecule has 0 N–H and O–H groups in total. The molecule has 0 fully saturated rings. The van der Waals surface area contributed by atoms with Gasteiger partial charge in [-0.25, -0.2) is 0 Å². The van der Waals surface area contributed by atoms with Crippen molar-refractivity contribution >= 4 is 0 Å². The first-order valence-corrected chi connectivity index (χ1v) is 0.532. The summed E-state index contributed by atoms with van der Waals surface area (Å²) < 4.78 is 7.88. The van der Waals surface area contributed by atoms with Crippen molar-refractivity contribution in [1.82, 2.24) is 0 Å². The molecular formula is Cr2NiO4. The molecule has 4 nitrogen and oxygen atoms in total. The van der Waals surface area contributed by atoms with Crippen molar-refractivity contribution in [1.29, 1.82) is 0 Å². The first-order valence-electron chi connectivity index (χ1n) is 0.129. The molecule has 0 bridgehead atoms. The monoisotopic (exact) mass is 226 g/mol. The van der Waals surface area contributed by atoms with E-state index in [4.69, 9.17) is 3.90 Å². The van der Waals surface area contributed by atoms with E-state index in [1.54, 1.807) is 0 Å². The van der Waals surface area contributed by atoms with Crippen LogP contribution in [0, 0.1) is 0 Å². The third kappa shape index (κ3) is 130. The minimum absolute atomic E-state index is 0. The van der Waals surface area contributed by atoms with Crippen LogP contribution < -0.4 is 0 Å². The Hall–Kier alpha value is 1.24. The van der Waals surface area contributed by atoms with Crippen molar-refractivity contribution in [3.8, 4) is 0 Å². The van der Waals surface area contributed by atoms with E-state index in [1.807, 2.05) is 0 Å². The van der Waals surface area contributed by atoms with E-state index in [0.29, 0.717) is 0 Å². The van der Waals surface area contributed by atoms with Gasteiger partial charge in [0, 0.05) is 0 Å². The molecule has 0 rings (SSSR count). The molecular weight excluding hydrogens is 227 g/mol. The van der Waals surface area contributed by atoms with Crippen molar-refractivity contribution < 1.29 is 70.4 Å². The zero-order valence-electron chi connectivity index (χ0n) is 2.77. The van der Waals surface area contributed by atoms with E-state index in [-0.39, 0.29) is 51.2 Å². The van der Waals surface area contributed by atoms with Gasteiger partial charge in [-0.05, 0) is 0 Å². The summed E-state index contributed by atoms with van der Waals surface area (Å²) in [6.45, 7) is 0. The van der Waals surface area contributed by atoms with Gasteiger partial charge in [0.15, 0.2) is 0 Å². The summed E-state index contributed by atoms with van der Waals surface area (Å²) in [5, 5.41) is 0. The Morgan fingerprint density at radius 2 is 0.714 bits per heavy atom. The second-order valence-corrected chi connectivity index (χ2v) is 0. The second-order valence-electron chi connectivity index (χ2n) is 0. The van der Waals surface area contributed by atoms with Crippen molar-refractivity contribution in [3.63, 3.8) is 0 Å². The maximum absolute atomic E-state index is 7.88. The van der Waals surface area contributed by atoms with Gasteiger partial charge in [0.1, 0.15) is 0 Å². The van der Waals surface area contributed by atoms with Crippen LogP contribution in [0.4, 0.5) is 0 Å². The fourth-order valence-electron chi connectivity index (χ4n) is 0. The predicted octanol–water partition coefficient (Wildman–Crippen LogP) is -0.483. The van der Waals surface area contributed by atoms with Gasteiger partial charge < -0.3 is 16.4 Å². The van der Waals surface area contributed by atoms with E-state index >= 15 is 0 Å². The Labute approximate surface area is 70.4 Å². The first-order chi connectivity index (χ1) is 1.00. The SMILES string of the molecule is [Cr+3].[Cr+3].[O-2].[O-2].[O-2].[O]=[Ni]. The molecule has 7 heavy (non-hydrogen) atoms. The van der Waals surface area contributed by atoms with Gasteiger partial charge >= 0.3 is 54.0 Å². The van der Waals surface area contributed by atoms with Crippen LogP contribution in [0.3, 0.4) is 0 Å². The van der Waals surface area contributed by atoms with Crippen LogP contribution in [0.5, 0.6) is 0 Å². The Bertz CT molecular complexity index is 9.65. The maximum atomic E-state index is 7.88. The summed E-state index contributed by atoms with van der Waals surface area (Å²) >= 11 is 2.62. The predicted molar refractivity (Wildman–Crippen MR) is 2.75 cm³/mol. The fraction of sp³-hybridized carbons (Fsp3) is 0. The van der Waals surface area contributed by atoms with E-state index in [2.05, 4.69) is 15.4 Å². The molecule has 0 aliphatic heterocycles. The van der Waals surface area contributed by atoms with Gasteiger partial charge in [0.05, 0.1) is 0 Å². The number of hydrogen-bond donors (Lipinski definition) is 0. The Morgan fingerprint density at radius 1 is 0.714 bits per heavy atom. The van der Waals surface area contributed by atoms with Gasteiger partial charge in [0.2, 0.25) is 0 Å². The van der Waals surface area contributed by atoms with Gasteiger partial charge in [-0.3, -0.25) is 0 Å². The fourth-order valence-corrected chi connectivity index (χ4v) is 0. The molecule has 0 spiro atoms. The molecule has 0 amide bonds. The normalized spacial score (nSPS) is 0.857. The molecule has 0 saturated heterocycles. The van der Waals surface area contributed by atoms with Crippen LogP contribution in [0.15, 0.2) is 0 Å². The molecule has 7 heteroatoms. The summed E-state index contributed by atoms with van der Waals surface area (Å²) in [5.74, 6) is 0. The van der Waals surface area contributed by atoms with Crippen LogP contribution in [0.1, 0.15) is 0 Å². The third-order valence-electron chi connectivity index (χ3n) is 0. The van der Waals surface area contributed by atoms with Crippen LogP contribution in [0.25, 0.3) is 0 Å². The third-order valence-corrected chi connectivity index (χ3v) is 0. The van der Waals surface area contributed by atoms with Crippen molar-refractivity contribution in [2.45, 2.75) is 0 Å². The molecule has 0 heterocycles. The zero-order valence-corrected chi connectivity index (χ0v) is 6.30.